The highest BCUT2D eigenvalue weighted by Crippen LogP contribution is 2.36. The zero-order chi connectivity index (χ0) is 11.8. The summed E-state index contributed by atoms with van der Waals surface area (Å²) in [6.45, 7) is 1.20. The molecule has 0 saturated carbocycles. The van der Waals surface area contributed by atoms with Crippen LogP contribution >= 0.6 is 0 Å². The third kappa shape index (κ3) is 2.03. The summed E-state index contributed by atoms with van der Waals surface area (Å²) in [5.74, 6) is -4.07. The molecule has 1 nitrogen and oxygen atoms in total. The summed E-state index contributed by atoms with van der Waals surface area (Å²) in [7, 11) is 1.05. The summed E-state index contributed by atoms with van der Waals surface area (Å²) < 4.78 is 67.0. The second kappa shape index (κ2) is 3.67. The summed E-state index contributed by atoms with van der Waals surface area (Å²) in [6, 6.07) is 0.511. The Morgan fingerprint density at radius 1 is 1.13 bits per heavy atom. The summed E-state index contributed by atoms with van der Waals surface area (Å²) in [6.07, 6.45) is -4.91. The van der Waals surface area contributed by atoms with E-state index in [1.54, 1.807) is 0 Å². The predicted octanol–water partition coefficient (Wildman–Crippen LogP) is 3.30. The molecule has 0 spiro atoms. The fraction of sp³-hybridized carbons (Fsp3) is 0.333. The van der Waals surface area contributed by atoms with Gasteiger partial charge in [0.1, 0.15) is 0 Å². The fourth-order valence-corrected chi connectivity index (χ4v) is 1.19. The molecule has 1 aromatic rings. The molecule has 0 unspecified atom stereocenters. The largest absolute Gasteiger partial charge is 0.493 e. The molecule has 1 aromatic carbocycles. The third-order valence-electron chi connectivity index (χ3n) is 1.86. The van der Waals surface area contributed by atoms with Crippen molar-refractivity contribution in [1.29, 1.82) is 0 Å². The first kappa shape index (κ1) is 11.7. The maximum absolute atomic E-state index is 13.1. The van der Waals surface area contributed by atoms with Crippen LogP contribution in [-0.4, -0.2) is 7.11 Å². The molecular weight excluding hydrogens is 219 g/mol. The summed E-state index contributed by atoms with van der Waals surface area (Å²) in [5, 5.41) is 0. The lowest BCUT2D eigenvalue weighted by atomic mass is 10.1. The molecule has 0 heterocycles. The Morgan fingerprint density at radius 2 is 1.67 bits per heavy atom. The Kier molecular flexibility index (Phi) is 2.88. The van der Waals surface area contributed by atoms with Crippen LogP contribution in [0.25, 0.3) is 0 Å². The number of methoxy groups -OCH3 is 1. The third-order valence-corrected chi connectivity index (χ3v) is 1.86. The lowest BCUT2D eigenvalue weighted by Crippen LogP contribution is -2.11. The molecule has 6 heteroatoms. The van der Waals surface area contributed by atoms with E-state index in [0.29, 0.717) is 6.07 Å². The second-order valence-electron chi connectivity index (χ2n) is 2.90. The molecule has 0 amide bonds. The van der Waals surface area contributed by atoms with Crippen molar-refractivity contribution < 1.29 is 26.7 Å². The van der Waals surface area contributed by atoms with Crippen molar-refractivity contribution in [3.05, 3.63) is 28.8 Å². The molecule has 0 aliphatic heterocycles. The number of ether oxygens (including phenoxy) is 1. The van der Waals surface area contributed by atoms with Gasteiger partial charge < -0.3 is 4.74 Å². The van der Waals surface area contributed by atoms with E-state index < -0.39 is 29.1 Å². The average molecular weight is 226 g/mol. The van der Waals surface area contributed by atoms with Crippen LogP contribution in [-0.2, 0) is 6.18 Å². The number of halogens is 5. The van der Waals surface area contributed by atoms with E-state index in [9.17, 15) is 22.0 Å². The van der Waals surface area contributed by atoms with Crippen LogP contribution in [0, 0.1) is 18.6 Å². The van der Waals surface area contributed by atoms with Gasteiger partial charge in [0.05, 0.1) is 12.7 Å². The SMILES string of the molecule is COc1c(C)cc(C(F)(F)F)c(F)c1F. The van der Waals surface area contributed by atoms with Crippen molar-refractivity contribution in [2.75, 3.05) is 7.11 Å². The van der Waals surface area contributed by atoms with Gasteiger partial charge in [-0.1, -0.05) is 0 Å². The maximum atomic E-state index is 13.1. The summed E-state index contributed by atoms with van der Waals surface area (Å²) in [4.78, 5) is 0. The molecule has 0 atom stereocenters. The lowest BCUT2D eigenvalue weighted by Gasteiger charge is -2.12. The number of benzene rings is 1. The highest BCUT2D eigenvalue weighted by atomic mass is 19.4. The van der Waals surface area contributed by atoms with Gasteiger partial charge in [0.2, 0.25) is 5.82 Å². The zero-order valence-electron chi connectivity index (χ0n) is 7.88. The minimum atomic E-state index is -4.91. The molecule has 0 aromatic heterocycles. The van der Waals surface area contributed by atoms with Gasteiger partial charge in [-0.05, 0) is 18.6 Å². The Labute approximate surface area is 82.5 Å². The van der Waals surface area contributed by atoms with Gasteiger partial charge in [0.15, 0.2) is 11.6 Å². The van der Waals surface area contributed by atoms with Crippen molar-refractivity contribution in [2.24, 2.45) is 0 Å². The molecule has 1 rings (SSSR count). The highest BCUT2D eigenvalue weighted by molar-refractivity contribution is 5.40. The standard InChI is InChI=1S/C9H7F5O/c1-4-3-5(9(12,13)14)6(10)7(11)8(4)15-2/h3H,1-2H3. The van der Waals surface area contributed by atoms with Gasteiger partial charge >= 0.3 is 6.18 Å². The van der Waals surface area contributed by atoms with Crippen LogP contribution in [0.2, 0.25) is 0 Å². The maximum Gasteiger partial charge on any atom is 0.419 e. The molecule has 0 radical (unpaired) electrons. The quantitative estimate of drug-likeness (QED) is 0.667. The van der Waals surface area contributed by atoms with Crippen molar-refractivity contribution in [3.8, 4) is 5.75 Å². The Morgan fingerprint density at radius 3 is 2.07 bits per heavy atom. The van der Waals surface area contributed by atoms with E-state index in [1.807, 2.05) is 0 Å². The molecular formula is C9H7F5O. The molecule has 0 fully saturated rings. The van der Waals surface area contributed by atoms with E-state index in [1.165, 1.54) is 6.92 Å². The zero-order valence-corrected chi connectivity index (χ0v) is 7.88. The highest BCUT2D eigenvalue weighted by Gasteiger charge is 2.37. The molecule has 0 saturated heterocycles. The monoisotopic (exact) mass is 226 g/mol. The Bertz CT molecular complexity index is 383. The van der Waals surface area contributed by atoms with Gasteiger partial charge in [-0.25, -0.2) is 4.39 Å². The van der Waals surface area contributed by atoms with E-state index >= 15 is 0 Å². The van der Waals surface area contributed by atoms with Crippen molar-refractivity contribution in [1.82, 2.24) is 0 Å². The molecule has 0 N–H and O–H groups in total. The minimum Gasteiger partial charge on any atom is -0.493 e. The first-order valence-corrected chi connectivity index (χ1v) is 3.88. The van der Waals surface area contributed by atoms with E-state index in [0.717, 1.165) is 7.11 Å². The van der Waals surface area contributed by atoms with Gasteiger partial charge in [0.25, 0.3) is 0 Å². The first-order chi connectivity index (χ1) is 6.79. The number of aryl methyl sites for hydroxylation is 1. The molecule has 15 heavy (non-hydrogen) atoms. The number of rotatable bonds is 1. The van der Waals surface area contributed by atoms with Crippen LogP contribution in [0.4, 0.5) is 22.0 Å². The number of alkyl halides is 3. The topological polar surface area (TPSA) is 9.23 Å². The van der Waals surface area contributed by atoms with Gasteiger partial charge in [-0.15, -0.1) is 0 Å². The lowest BCUT2D eigenvalue weighted by molar-refractivity contribution is -0.140. The van der Waals surface area contributed by atoms with Crippen molar-refractivity contribution in [2.45, 2.75) is 13.1 Å². The Balaban J connectivity index is 3.48. The van der Waals surface area contributed by atoms with Crippen molar-refractivity contribution in [3.63, 3.8) is 0 Å². The molecule has 0 aliphatic rings. The van der Waals surface area contributed by atoms with Crippen LogP contribution in [0.15, 0.2) is 6.07 Å². The van der Waals surface area contributed by atoms with Gasteiger partial charge in [-0.2, -0.15) is 17.6 Å². The second-order valence-corrected chi connectivity index (χ2v) is 2.90. The Hall–Kier alpha value is -1.33. The van der Waals surface area contributed by atoms with Crippen LogP contribution in [0.3, 0.4) is 0 Å². The fourth-order valence-electron chi connectivity index (χ4n) is 1.19. The van der Waals surface area contributed by atoms with Gasteiger partial charge in [0, 0.05) is 0 Å². The number of hydrogen-bond acceptors (Lipinski definition) is 1. The smallest absolute Gasteiger partial charge is 0.419 e. The van der Waals surface area contributed by atoms with Crippen LogP contribution in [0.1, 0.15) is 11.1 Å². The molecule has 0 bridgehead atoms. The average Bonchev–Trinajstić information content (AvgIpc) is 2.10. The minimum absolute atomic E-state index is 0.108. The molecule has 0 aliphatic carbocycles. The molecule has 84 valence electrons. The predicted molar refractivity (Wildman–Crippen MR) is 42.6 cm³/mol. The van der Waals surface area contributed by atoms with Crippen LogP contribution < -0.4 is 4.74 Å². The summed E-state index contributed by atoms with van der Waals surface area (Å²) >= 11 is 0. The van der Waals surface area contributed by atoms with Crippen molar-refractivity contribution >= 4 is 0 Å². The summed E-state index contributed by atoms with van der Waals surface area (Å²) in [5.41, 5.74) is -1.73. The van der Waals surface area contributed by atoms with Gasteiger partial charge in [-0.3, -0.25) is 0 Å². The van der Waals surface area contributed by atoms with E-state index in [2.05, 4.69) is 4.74 Å². The first-order valence-electron chi connectivity index (χ1n) is 3.88. The van der Waals surface area contributed by atoms with E-state index in [-0.39, 0.29) is 5.56 Å². The normalized spacial score (nSPS) is 11.7. The van der Waals surface area contributed by atoms with E-state index in [4.69, 9.17) is 0 Å². The van der Waals surface area contributed by atoms with Crippen LogP contribution in [0.5, 0.6) is 5.75 Å². The number of hydrogen-bond donors (Lipinski definition) is 0.